The minimum atomic E-state index is -0.0232. The molecule has 0 radical (unpaired) electrons. The first-order valence-corrected chi connectivity index (χ1v) is 10.1. The molecule has 2 saturated heterocycles. The van der Waals surface area contributed by atoms with Crippen LogP contribution in [0.4, 0.5) is 0 Å². The third-order valence-corrected chi connectivity index (χ3v) is 5.99. The van der Waals surface area contributed by atoms with Gasteiger partial charge in [-0.15, -0.1) is 0 Å². The van der Waals surface area contributed by atoms with Gasteiger partial charge in [0.2, 0.25) is 0 Å². The first-order valence-electron chi connectivity index (χ1n) is 10.1. The molecule has 0 saturated carbocycles. The molecule has 2 aromatic rings. The molecule has 2 aromatic heterocycles. The molecule has 0 N–H and O–H groups in total. The Balaban J connectivity index is 1.29. The van der Waals surface area contributed by atoms with Crippen molar-refractivity contribution in [1.29, 1.82) is 0 Å². The third kappa shape index (κ3) is 4.45. The highest BCUT2D eigenvalue weighted by molar-refractivity contribution is 5.56. The second-order valence-corrected chi connectivity index (χ2v) is 8.03. The molecule has 0 aliphatic carbocycles. The fraction of sp³-hybridized carbons (Fsp3) is 0.571. The molecule has 27 heavy (non-hydrogen) atoms. The number of aromatic nitrogens is 3. The normalized spacial score (nSPS) is 21.9. The van der Waals surface area contributed by atoms with Gasteiger partial charge in [0.25, 0.3) is 5.56 Å². The van der Waals surface area contributed by atoms with Crippen molar-refractivity contribution < 1.29 is 0 Å². The van der Waals surface area contributed by atoms with Gasteiger partial charge in [-0.05, 0) is 57.6 Å². The van der Waals surface area contributed by atoms with Crippen LogP contribution in [0, 0.1) is 5.92 Å². The largest absolute Gasteiger partial charge is 0.303 e. The number of rotatable bonds is 6. The molecular formula is C21H29N5O. The number of piperidine rings is 1. The number of hydrogen-bond donors (Lipinski definition) is 0. The Labute approximate surface area is 160 Å². The average molecular weight is 367 g/mol. The fourth-order valence-electron chi connectivity index (χ4n) is 4.31. The highest BCUT2D eigenvalue weighted by Crippen LogP contribution is 2.22. The quantitative estimate of drug-likeness (QED) is 0.783. The van der Waals surface area contributed by atoms with Gasteiger partial charge in [0.05, 0.1) is 12.2 Å². The van der Waals surface area contributed by atoms with Crippen LogP contribution in [0.15, 0.2) is 41.5 Å². The van der Waals surface area contributed by atoms with E-state index in [0.29, 0.717) is 12.5 Å². The second kappa shape index (κ2) is 8.31. The van der Waals surface area contributed by atoms with E-state index in [0.717, 1.165) is 30.4 Å². The molecule has 2 aliphatic rings. The van der Waals surface area contributed by atoms with Crippen molar-refractivity contribution in [3.63, 3.8) is 0 Å². The van der Waals surface area contributed by atoms with Crippen LogP contribution in [0.1, 0.15) is 25.7 Å². The SMILES string of the molecule is CN1CCCCC1CCN1CC(Cn2nc(-c3cccnc3)ccc2=O)C1. The summed E-state index contributed by atoms with van der Waals surface area (Å²) in [6.45, 7) is 5.26. The monoisotopic (exact) mass is 367 g/mol. The lowest BCUT2D eigenvalue weighted by Gasteiger charge is -2.41. The average Bonchev–Trinajstić information content (AvgIpc) is 2.67. The van der Waals surface area contributed by atoms with Crippen molar-refractivity contribution in [2.45, 2.75) is 38.3 Å². The van der Waals surface area contributed by atoms with Crippen LogP contribution in [-0.4, -0.2) is 63.8 Å². The van der Waals surface area contributed by atoms with Gasteiger partial charge in [-0.2, -0.15) is 5.10 Å². The van der Waals surface area contributed by atoms with Crippen LogP contribution >= 0.6 is 0 Å². The fourth-order valence-corrected chi connectivity index (χ4v) is 4.31. The molecule has 144 valence electrons. The van der Waals surface area contributed by atoms with Gasteiger partial charge >= 0.3 is 0 Å². The van der Waals surface area contributed by atoms with E-state index in [1.807, 2.05) is 12.1 Å². The van der Waals surface area contributed by atoms with E-state index in [2.05, 4.69) is 26.9 Å². The highest BCUT2D eigenvalue weighted by Gasteiger charge is 2.28. The van der Waals surface area contributed by atoms with Crippen LogP contribution < -0.4 is 5.56 Å². The van der Waals surface area contributed by atoms with E-state index < -0.39 is 0 Å². The molecule has 6 heteroatoms. The summed E-state index contributed by atoms with van der Waals surface area (Å²) in [5.74, 6) is 0.517. The standard InChI is InChI=1S/C21H29N5O/c1-24-11-3-2-6-19(24)9-12-25-14-17(15-25)16-26-21(27)8-7-20(23-26)18-5-4-10-22-13-18/h4-5,7-8,10,13,17,19H,2-3,6,9,11-12,14-16H2,1H3. The summed E-state index contributed by atoms with van der Waals surface area (Å²) < 4.78 is 1.62. The minimum Gasteiger partial charge on any atom is -0.303 e. The first-order chi connectivity index (χ1) is 13.2. The molecule has 2 fully saturated rings. The van der Waals surface area contributed by atoms with Gasteiger partial charge in [0.1, 0.15) is 0 Å². The zero-order valence-electron chi connectivity index (χ0n) is 16.1. The maximum atomic E-state index is 12.2. The van der Waals surface area contributed by atoms with Crippen LogP contribution in [0.25, 0.3) is 11.3 Å². The Morgan fingerprint density at radius 1 is 1.19 bits per heavy atom. The Morgan fingerprint density at radius 2 is 2.07 bits per heavy atom. The summed E-state index contributed by atoms with van der Waals surface area (Å²) in [5.41, 5.74) is 1.72. The Morgan fingerprint density at radius 3 is 2.85 bits per heavy atom. The van der Waals surface area contributed by atoms with Crippen LogP contribution in [0.5, 0.6) is 0 Å². The van der Waals surface area contributed by atoms with Crippen LogP contribution in [0.2, 0.25) is 0 Å². The smallest absolute Gasteiger partial charge is 0.266 e. The molecular weight excluding hydrogens is 338 g/mol. The van der Waals surface area contributed by atoms with Crippen molar-refractivity contribution in [3.8, 4) is 11.3 Å². The van der Waals surface area contributed by atoms with E-state index in [4.69, 9.17) is 0 Å². The van der Waals surface area contributed by atoms with Gasteiger partial charge in [-0.3, -0.25) is 9.78 Å². The highest BCUT2D eigenvalue weighted by atomic mass is 16.1. The van der Waals surface area contributed by atoms with Crippen LogP contribution in [0.3, 0.4) is 0 Å². The summed E-state index contributed by atoms with van der Waals surface area (Å²) in [4.78, 5) is 21.4. The minimum absolute atomic E-state index is 0.0232. The lowest BCUT2D eigenvalue weighted by atomic mass is 9.96. The summed E-state index contributed by atoms with van der Waals surface area (Å²) in [6, 6.07) is 8.00. The van der Waals surface area contributed by atoms with Crippen molar-refractivity contribution in [1.82, 2.24) is 24.6 Å². The maximum Gasteiger partial charge on any atom is 0.266 e. The lowest BCUT2D eigenvalue weighted by Crippen LogP contribution is -2.51. The first kappa shape index (κ1) is 18.3. The van der Waals surface area contributed by atoms with Gasteiger partial charge in [0, 0.05) is 49.1 Å². The molecule has 4 heterocycles. The van der Waals surface area contributed by atoms with Crippen LogP contribution in [-0.2, 0) is 6.54 Å². The molecule has 6 nitrogen and oxygen atoms in total. The van der Waals surface area contributed by atoms with Crippen molar-refractivity contribution >= 4 is 0 Å². The summed E-state index contributed by atoms with van der Waals surface area (Å²) in [5, 5.41) is 4.56. The zero-order valence-corrected chi connectivity index (χ0v) is 16.1. The molecule has 2 aliphatic heterocycles. The van der Waals surface area contributed by atoms with E-state index in [9.17, 15) is 4.79 Å². The van der Waals surface area contributed by atoms with E-state index in [1.165, 1.54) is 38.8 Å². The molecule has 1 unspecified atom stereocenters. The number of pyridine rings is 1. The predicted molar refractivity (Wildman–Crippen MR) is 107 cm³/mol. The summed E-state index contributed by atoms with van der Waals surface area (Å²) >= 11 is 0. The predicted octanol–water partition coefficient (Wildman–Crippen LogP) is 2.11. The van der Waals surface area contributed by atoms with Gasteiger partial charge in [-0.1, -0.05) is 6.42 Å². The van der Waals surface area contributed by atoms with Gasteiger partial charge < -0.3 is 9.80 Å². The van der Waals surface area contributed by atoms with E-state index >= 15 is 0 Å². The second-order valence-electron chi connectivity index (χ2n) is 8.03. The zero-order chi connectivity index (χ0) is 18.6. The summed E-state index contributed by atoms with van der Waals surface area (Å²) in [6.07, 6.45) is 8.85. The Kier molecular flexibility index (Phi) is 5.64. The van der Waals surface area contributed by atoms with E-state index in [-0.39, 0.29) is 5.56 Å². The summed E-state index contributed by atoms with van der Waals surface area (Å²) in [7, 11) is 2.26. The molecule has 0 spiro atoms. The van der Waals surface area contributed by atoms with Crippen molar-refractivity contribution in [2.24, 2.45) is 5.92 Å². The van der Waals surface area contributed by atoms with Gasteiger partial charge in [0.15, 0.2) is 0 Å². The molecule has 0 bridgehead atoms. The molecule has 1 atom stereocenters. The van der Waals surface area contributed by atoms with Crippen molar-refractivity contribution in [3.05, 3.63) is 47.0 Å². The molecule has 0 amide bonds. The van der Waals surface area contributed by atoms with E-state index in [1.54, 1.807) is 29.2 Å². The third-order valence-electron chi connectivity index (χ3n) is 5.99. The Hall–Kier alpha value is -2.05. The lowest BCUT2D eigenvalue weighted by molar-refractivity contribution is 0.0674. The maximum absolute atomic E-state index is 12.2. The number of likely N-dealkylation sites (tertiary alicyclic amines) is 2. The topological polar surface area (TPSA) is 54.3 Å². The molecule has 4 rings (SSSR count). The molecule has 0 aromatic carbocycles. The van der Waals surface area contributed by atoms with Crippen molar-refractivity contribution in [2.75, 3.05) is 33.2 Å². The number of hydrogen-bond acceptors (Lipinski definition) is 5. The number of nitrogens with zero attached hydrogens (tertiary/aromatic N) is 5. The van der Waals surface area contributed by atoms with Gasteiger partial charge in [-0.25, -0.2) is 4.68 Å². The Bertz CT molecular complexity index is 800.